The van der Waals surface area contributed by atoms with Crippen molar-refractivity contribution in [3.05, 3.63) is 76.7 Å². The summed E-state index contributed by atoms with van der Waals surface area (Å²) in [5, 5.41) is 6.79. The number of carbonyl (C=O) groups excluding carboxylic acids is 2. The van der Waals surface area contributed by atoms with E-state index < -0.39 is 24.5 Å². The van der Waals surface area contributed by atoms with E-state index in [-0.39, 0.29) is 11.5 Å². The summed E-state index contributed by atoms with van der Waals surface area (Å²) < 4.78 is 21.0. The van der Waals surface area contributed by atoms with Crippen LogP contribution < -0.4 is 14.8 Å². The van der Waals surface area contributed by atoms with Crippen molar-refractivity contribution in [2.24, 2.45) is 0 Å². The summed E-state index contributed by atoms with van der Waals surface area (Å²) in [6.07, 6.45) is 0. The van der Waals surface area contributed by atoms with Crippen LogP contribution in [0.5, 0.6) is 11.5 Å². The molecule has 0 spiro atoms. The number of nitrogens with one attached hydrogen (secondary N) is 1. The topological polar surface area (TPSA) is 99.9 Å². The Hall–Kier alpha value is -3.81. The molecule has 0 aliphatic rings. The molecule has 8 nitrogen and oxygen atoms in total. The summed E-state index contributed by atoms with van der Waals surface area (Å²) in [6, 6.07) is 14.3. The number of rotatable bonds is 9. The van der Waals surface area contributed by atoms with E-state index in [1.54, 1.807) is 21.1 Å². The first-order valence-electron chi connectivity index (χ1n) is 10.5. The zero-order valence-electron chi connectivity index (χ0n) is 19.4. The molecule has 0 atom stereocenters. The van der Waals surface area contributed by atoms with Gasteiger partial charge in [-0.2, -0.15) is 0 Å². The van der Waals surface area contributed by atoms with Gasteiger partial charge in [0, 0.05) is 5.92 Å². The third-order valence-electron chi connectivity index (χ3n) is 5.16. The molecule has 3 aromatic rings. The zero-order valence-corrected chi connectivity index (χ0v) is 19.4. The molecule has 0 saturated carbocycles. The van der Waals surface area contributed by atoms with E-state index in [1.165, 1.54) is 0 Å². The van der Waals surface area contributed by atoms with Gasteiger partial charge in [0.2, 0.25) is 0 Å². The Labute approximate surface area is 192 Å². The van der Waals surface area contributed by atoms with Crippen LogP contribution in [0, 0.1) is 6.92 Å². The molecule has 3 rings (SSSR count). The normalized spacial score (nSPS) is 10.9. The quantitative estimate of drug-likeness (QED) is 0.486. The summed E-state index contributed by atoms with van der Waals surface area (Å²) in [5.74, 6) is 0.720. The Balaban J connectivity index is 1.75. The van der Waals surface area contributed by atoms with Crippen LogP contribution in [0.2, 0.25) is 0 Å². The smallest absolute Gasteiger partial charge is 0.344 e. The molecule has 0 radical (unpaired) electrons. The molecular weight excluding hydrogens is 424 g/mol. The fourth-order valence-electron chi connectivity index (χ4n) is 3.39. The first-order chi connectivity index (χ1) is 15.8. The lowest BCUT2D eigenvalue weighted by Gasteiger charge is -2.20. The van der Waals surface area contributed by atoms with Crippen LogP contribution in [0.15, 0.2) is 53.1 Å². The van der Waals surface area contributed by atoms with Crippen molar-refractivity contribution in [3.63, 3.8) is 0 Å². The third-order valence-corrected chi connectivity index (χ3v) is 5.16. The summed E-state index contributed by atoms with van der Waals surface area (Å²) in [4.78, 5) is 25.3. The molecule has 0 bridgehead atoms. The van der Waals surface area contributed by atoms with E-state index in [0.29, 0.717) is 23.0 Å². The average molecular weight is 453 g/mol. The highest BCUT2D eigenvalue weighted by Gasteiger charge is 2.25. The molecule has 0 saturated heterocycles. The van der Waals surface area contributed by atoms with Crippen LogP contribution in [0.4, 0.5) is 0 Å². The maximum Gasteiger partial charge on any atom is 0.344 e. The second-order valence-electron chi connectivity index (χ2n) is 7.78. The minimum absolute atomic E-state index is 0.0444. The lowest BCUT2D eigenvalue weighted by Crippen LogP contribution is -2.33. The molecule has 33 heavy (non-hydrogen) atoms. The van der Waals surface area contributed by atoms with Gasteiger partial charge in [-0.3, -0.25) is 4.79 Å². The molecule has 1 N–H and O–H groups in total. The van der Waals surface area contributed by atoms with Gasteiger partial charge in [0.15, 0.2) is 12.4 Å². The lowest BCUT2D eigenvalue weighted by molar-refractivity contribution is -0.124. The average Bonchev–Trinajstić information content (AvgIpc) is 3.23. The molecule has 174 valence electrons. The highest BCUT2D eigenvalue weighted by Crippen LogP contribution is 2.26. The third kappa shape index (κ3) is 5.71. The summed E-state index contributed by atoms with van der Waals surface area (Å²) in [6.45, 7) is 4.99. The van der Waals surface area contributed by atoms with Crippen molar-refractivity contribution in [3.8, 4) is 11.5 Å². The number of ether oxygens (including phenoxy) is 3. The molecule has 0 unspecified atom stereocenters. The molecule has 1 heterocycles. The minimum Gasteiger partial charge on any atom is -0.497 e. The van der Waals surface area contributed by atoms with E-state index in [1.807, 2.05) is 62.4 Å². The van der Waals surface area contributed by atoms with Gasteiger partial charge in [-0.15, -0.1) is 0 Å². The van der Waals surface area contributed by atoms with E-state index in [0.717, 1.165) is 11.1 Å². The van der Waals surface area contributed by atoms with Gasteiger partial charge in [0.25, 0.3) is 5.91 Å². The first-order valence-corrected chi connectivity index (χ1v) is 10.5. The Morgan fingerprint density at radius 3 is 1.91 bits per heavy atom. The van der Waals surface area contributed by atoms with Crippen molar-refractivity contribution < 1.29 is 28.3 Å². The van der Waals surface area contributed by atoms with Crippen molar-refractivity contribution in [2.75, 3.05) is 20.8 Å². The molecule has 1 aromatic heterocycles. The van der Waals surface area contributed by atoms with Crippen molar-refractivity contribution in [2.45, 2.75) is 32.7 Å². The van der Waals surface area contributed by atoms with E-state index in [9.17, 15) is 9.59 Å². The van der Waals surface area contributed by atoms with Gasteiger partial charge in [-0.05, 0) is 42.3 Å². The molecule has 0 fully saturated rings. The number of esters is 1. The predicted molar refractivity (Wildman–Crippen MR) is 122 cm³/mol. The van der Waals surface area contributed by atoms with Crippen LogP contribution in [-0.4, -0.2) is 37.9 Å². The number of methoxy groups -OCH3 is 2. The van der Waals surface area contributed by atoms with E-state index in [4.69, 9.17) is 18.7 Å². The minimum atomic E-state index is -0.641. The number of aromatic nitrogens is 1. The number of carbonyl (C=O) groups is 2. The predicted octanol–water partition coefficient (Wildman–Crippen LogP) is 4.19. The molecule has 1 amide bonds. The fraction of sp³-hybridized carbons (Fsp3) is 0.320. The highest BCUT2D eigenvalue weighted by molar-refractivity contribution is 5.93. The van der Waals surface area contributed by atoms with Crippen molar-refractivity contribution in [1.82, 2.24) is 10.5 Å². The van der Waals surface area contributed by atoms with Crippen LogP contribution in [-0.2, 0) is 9.53 Å². The van der Waals surface area contributed by atoms with Crippen molar-refractivity contribution >= 4 is 11.9 Å². The van der Waals surface area contributed by atoms with Gasteiger partial charge in [0.1, 0.15) is 17.1 Å². The van der Waals surface area contributed by atoms with E-state index >= 15 is 0 Å². The summed E-state index contributed by atoms with van der Waals surface area (Å²) in [5.41, 5.74) is 2.38. The number of hydrogen-bond acceptors (Lipinski definition) is 7. The molecule has 8 heteroatoms. The van der Waals surface area contributed by atoms with Crippen LogP contribution in [0.1, 0.15) is 58.7 Å². The fourth-order valence-corrected chi connectivity index (χ4v) is 3.39. The van der Waals surface area contributed by atoms with Crippen LogP contribution in [0.25, 0.3) is 0 Å². The van der Waals surface area contributed by atoms with Gasteiger partial charge in [0.05, 0.1) is 26.0 Å². The van der Waals surface area contributed by atoms with E-state index in [2.05, 4.69) is 10.5 Å². The second kappa shape index (κ2) is 10.7. The maximum absolute atomic E-state index is 12.7. The van der Waals surface area contributed by atoms with Gasteiger partial charge in [-0.1, -0.05) is 43.3 Å². The first kappa shape index (κ1) is 23.8. The lowest BCUT2D eigenvalue weighted by atomic mass is 9.98. The summed E-state index contributed by atoms with van der Waals surface area (Å²) in [7, 11) is 3.18. The number of benzene rings is 2. The molecule has 0 aliphatic heterocycles. The zero-order chi connectivity index (χ0) is 24.0. The monoisotopic (exact) mass is 452 g/mol. The largest absolute Gasteiger partial charge is 0.497 e. The van der Waals surface area contributed by atoms with Gasteiger partial charge >= 0.3 is 5.97 Å². The highest BCUT2D eigenvalue weighted by atomic mass is 16.5. The Morgan fingerprint density at radius 2 is 1.45 bits per heavy atom. The number of hydrogen-bond donors (Lipinski definition) is 1. The Bertz CT molecular complexity index is 1040. The van der Waals surface area contributed by atoms with Crippen LogP contribution >= 0.6 is 0 Å². The molecule has 2 aromatic carbocycles. The summed E-state index contributed by atoms with van der Waals surface area (Å²) >= 11 is 0. The SMILES string of the molecule is COc1ccc(C(NC(=O)COC(=O)c2c(C)noc2C(C)C)c2ccc(OC)cc2)cc1. The standard InChI is InChI=1S/C25H28N2O6/c1-15(2)24-22(16(3)27-33-24)25(29)32-14-21(28)26-23(17-6-10-19(30-4)11-7-17)18-8-12-20(31-5)13-9-18/h6-13,15,23H,14H2,1-5H3,(H,26,28). The second-order valence-corrected chi connectivity index (χ2v) is 7.78. The maximum atomic E-state index is 12.7. The number of aryl methyl sites for hydroxylation is 1. The molecule has 0 aliphatic carbocycles. The van der Waals surface area contributed by atoms with Gasteiger partial charge < -0.3 is 24.1 Å². The van der Waals surface area contributed by atoms with Crippen LogP contribution in [0.3, 0.4) is 0 Å². The number of nitrogens with zero attached hydrogens (tertiary/aromatic N) is 1. The Kier molecular flexibility index (Phi) is 7.71. The van der Waals surface area contributed by atoms with Gasteiger partial charge in [-0.25, -0.2) is 4.79 Å². The number of amides is 1. The Morgan fingerprint density at radius 1 is 0.939 bits per heavy atom. The molecular formula is C25H28N2O6. The van der Waals surface area contributed by atoms with Crippen molar-refractivity contribution in [1.29, 1.82) is 0 Å².